The molecule has 0 fully saturated rings. The van der Waals surface area contributed by atoms with E-state index in [4.69, 9.17) is 0 Å². The number of aliphatic hydroxyl groups is 1. The van der Waals surface area contributed by atoms with Crippen molar-refractivity contribution in [1.82, 2.24) is 34.6 Å². The van der Waals surface area contributed by atoms with E-state index < -0.39 is 34.8 Å². The van der Waals surface area contributed by atoms with Gasteiger partial charge in [-0.05, 0) is 47.7 Å². The third-order valence-corrected chi connectivity index (χ3v) is 5.00. The molecule has 160 valence electrons. The maximum atomic E-state index is 14.6. The van der Waals surface area contributed by atoms with Crippen LogP contribution in [0.3, 0.4) is 0 Å². The fourth-order valence-corrected chi connectivity index (χ4v) is 3.29. The largest absolute Gasteiger partial charge is 0.381 e. The van der Waals surface area contributed by atoms with E-state index in [-0.39, 0.29) is 17.8 Å². The van der Waals surface area contributed by atoms with Crippen LogP contribution >= 0.6 is 0 Å². The van der Waals surface area contributed by atoms with Crippen molar-refractivity contribution >= 4 is 0 Å². The van der Waals surface area contributed by atoms with E-state index in [9.17, 15) is 23.1 Å². The van der Waals surface area contributed by atoms with Crippen molar-refractivity contribution in [2.24, 2.45) is 0 Å². The minimum atomic E-state index is -2.08. The Labute approximate surface area is 173 Å². The first-order valence-electron chi connectivity index (χ1n) is 9.10. The van der Waals surface area contributed by atoms with Gasteiger partial charge in [0.2, 0.25) is 0 Å². The zero-order chi connectivity index (χ0) is 22.2. The van der Waals surface area contributed by atoms with Gasteiger partial charge in [0, 0.05) is 11.6 Å². The molecule has 1 N–H and O–H groups in total. The fraction of sp³-hybridized carbons (Fsp3) is 0.211. The highest BCUT2D eigenvalue weighted by atomic mass is 19.1. The Morgan fingerprint density at radius 3 is 2.42 bits per heavy atom. The monoisotopic (exact) mass is 431 g/mol. The molecule has 31 heavy (non-hydrogen) atoms. The summed E-state index contributed by atoms with van der Waals surface area (Å²) in [6, 6.07) is 6.52. The molecule has 0 aliphatic rings. The Morgan fingerprint density at radius 1 is 1.06 bits per heavy atom. The summed E-state index contributed by atoms with van der Waals surface area (Å²) in [7, 11) is 0. The number of hydrogen-bond acceptors (Lipinski definition) is 6. The number of nitrogens with zero attached hydrogens (tertiary/aromatic N) is 7. The van der Waals surface area contributed by atoms with E-state index in [2.05, 4.69) is 20.5 Å². The first-order chi connectivity index (χ1) is 14.8. The van der Waals surface area contributed by atoms with Crippen molar-refractivity contribution in [2.45, 2.75) is 25.1 Å². The number of hydrogen-bond donors (Lipinski definition) is 1. The molecule has 0 saturated carbocycles. The van der Waals surface area contributed by atoms with Gasteiger partial charge in [0.1, 0.15) is 35.7 Å². The number of halogens is 3. The first kappa shape index (κ1) is 20.5. The summed E-state index contributed by atoms with van der Waals surface area (Å²) >= 11 is 0. The van der Waals surface area contributed by atoms with E-state index in [1.807, 2.05) is 0 Å². The molecule has 4 aromatic rings. The molecule has 2 aromatic heterocycles. The number of rotatable bonds is 6. The average molecular weight is 431 g/mol. The van der Waals surface area contributed by atoms with Gasteiger partial charge in [-0.25, -0.2) is 27.6 Å². The van der Waals surface area contributed by atoms with Gasteiger partial charge in [0.15, 0.2) is 0 Å². The zero-order valence-electron chi connectivity index (χ0n) is 16.1. The summed E-state index contributed by atoms with van der Waals surface area (Å²) < 4.78 is 44.3. The fourth-order valence-electron chi connectivity index (χ4n) is 3.29. The van der Waals surface area contributed by atoms with E-state index in [0.29, 0.717) is 6.07 Å². The summed E-state index contributed by atoms with van der Waals surface area (Å²) in [6.45, 7) is 1.12. The minimum absolute atomic E-state index is 0.248. The first-order valence-corrected chi connectivity index (χ1v) is 9.10. The molecular formula is C19H16F3N7O2. The Kier molecular flexibility index (Phi) is 5.15. The van der Waals surface area contributed by atoms with Crippen LogP contribution in [-0.2, 0) is 12.1 Å². The maximum Gasteiger partial charge on any atom is 0.368 e. The molecule has 2 heterocycles. The quantitative estimate of drug-likeness (QED) is 0.497. The van der Waals surface area contributed by atoms with Crippen molar-refractivity contribution < 1.29 is 18.3 Å². The van der Waals surface area contributed by atoms with Crippen molar-refractivity contribution in [2.75, 3.05) is 0 Å². The van der Waals surface area contributed by atoms with Crippen LogP contribution in [0.5, 0.6) is 0 Å². The van der Waals surface area contributed by atoms with Crippen LogP contribution in [0.4, 0.5) is 13.2 Å². The minimum Gasteiger partial charge on any atom is -0.381 e. The van der Waals surface area contributed by atoms with Gasteiger partial charge in [-0.2, -0.15) is 14.5 Å². The highest BCUT2D eigenvalue weighted by molar-refractivity contribution is 5.30. The van der Waals surface area contributed by atoms with Crippen LogP contribution in [0.25, 0.3) is 5.69 Å². The normalized spacial score (nSPS) is 14.4. The standard InChI is InChI=1S/C19H16F3N7O2/c1-12(28-18(30)29(26-25-28)15-5-2-13(20)3-6-15)19(31,9-27-11-23-10-24-27)16-7-4-14(21)8-17(16)22/h2-8,10-12,31H,9H2,1H3/t12-,19-/m1/s1. The number of aromatic nitrogens is 7. The molecule has 2 aromatic carbocycles. The van der Waals surface area contributed by atoms with Gasteiger partial charge in [0.25, 0.3) is 0 Å². The molecule has 0 spiro atoms. The van der Waals surface area contributed by atoms with Gasteiger partial charge in [-0.3, -0.25) is 0 Å². The molecule has 12 heteroatoms. The van der Waals surface area contributed by atoms with Crippen molar-refractivity contribution in [3.63, 3.8) is 0 Å². The second-order valence-corrected chi connectivity index (χ2v) is 6.91. The van der Waals surface area contributed by atoms with Crippen LogP contribution in [-0.4, -0.2) is 39.7 Å². The second kappa shape index (κ2) is 7.80. The zero-order valence-corrected chi connectivity index (χ0v) is 16.1. The van der Waals surface area contributed by atoms with Gasteiger partial charge in [0.05, 0.1) is 18.3 Å². The Morgan fingerprint density at radius 2 is 1.77 bits per heavy atom. The topological polar surface area (TPSA) is 104 Å². The predicted molar refractivity (Wildman–Crippen MR) is 101 cm³/mol. The molecule has 0 bridgehead atoms. The van der Waals surface area contributed by atoms with Crippen LogP contribution in [0.15, 0.2) is 59.9 Å². The smallest absolute Gasteiger partial charge is 0.368 e. The molecule has 0 saturated heterocycles. The lowest BCUT2D eigenvalue weighted by molar-refractivity contribution is -0.0385. The molecule has 0 radical (unpaired) electrons. The van der Waals surface area contributed by atoms with Gasteiger partial charge >= 0.3 is 5.69 Å². The molecule has 0 aliphatic heterocycles. The predicted octanol–water partition coefficient (Wildman–Crippen LogP) is 1.59. The second-order valence-electron chi connectivity index (χ2n) is 6.91. The summed E-state index contributed by atoms with van der Waals surface area (Å²) in [6.07, 6.45) is 2.53. The van der Waals surface area contributed by atoms with E-state index >= 15 is 0 Å². The molecule has 0 aliphatic carbocycles. The molecule has 9 nitrogen and oxygen atoms in total. The summed E-state index contributed by atoms with van der Waals surface area (Å²) in [4.78, 5) is 16.7. The Hall–Kier alpha value is -3.80. The van der Waals surface area contributed by atoms with Gasteiger partial charge in [-0.1, -0.05) is 6.07 Å². The Balaban J connectivity index is 1.80. The maximum absolute atomic E-state index is 14.6. The number of tetrazole rings is 1. The van der Waals surface area contributed by atoms with Crippen LogP contribution in [0, 0.1) is 17.5 Å². The van der Waals surface area contributed by atoms with Crippen LogP contribution < -0.4 is 5.69 Å². The van der Waals surface area contributed by atoms with Crippen molar-refractivity contribution in [3.05, 3.63) is 88.6 Å². The highest BCUT2D eigenvalue weighted by Gasteiger charge is 2.42. The molecule has 0 unspecified atom stereocenters. The summed E-state index contributed by atoms with van der Waals surface area (Å²) in [5.41, 5.74) is -2.85. The SMILES string of the molecule is C[C@@H](n1nnn(-c2ccc(F)cc2)c1=O)[C@](O)(Cn1cncn1)c1ccc(F)cc1F. The van der Waals surface area contributed by atoms with E-state index in [1.54, 1.807) is 0 Å². The van der Waals surface area contributed by atoms with Crippen molar-refractivity contribution in [3.8, 4) is 5.69 Å². The summed E-state index contributed by atoms with van der Waals surface area (Å²) in [5, 5.41) is 23.0. The molecule has 4 rings (SSSR count). The van der Waals surface area contributed by atoms with E-state index in [1.165, 1.54) is 36.4 Å². The average Bonchev–Trinajstić information content (AvgIpc) is 3.37. The Bertz CT molecular complexity index is 1250. The lowest BCUT2D eigenvalue weighted by atomic mass is 9.86. The molecule has 0 amide bonds. The molecule has 2 atom stereocenters. The van der Waals surface area contributed by atoms with Gasteiger partial charge in [-0.15, -0.1) is 0 Å². The van der Waals surface area contributed by atoms with Crippen LogP contribution in [0.1, 0.15) is 18.5 Å². The van der Waals surface area contributed by atoms with Crippen molar-refractivity contribution in [1.29, 1.82) is 0 Å². The number of benzene rings is 2. The van der Waals surface area contributed by atoms with E-state index in [0.717, 1.165) is 33.6 Å². The summed E-state index contributed by atoms with van der Waals surface area (Å²) in [5.74, 6) is -2.32. The van der Waals surface area contributed by atoms with Gasteiger partial charge < -0.3 is 5.11 Å². The molecular weight excluding hydrogens is 415 g/mol. The van der Waals surface area contributed by atoms with Crippen LogP contribution in [0.2, 0.25) is 0 Å². The lowest BCUT2D eigenvalue weighted by Crippen LogP contribution is -2.44. The highest BCUT2D eigenvalue weighted by Crippen LogP contribution is 2.35. The lowest BCUT2D eigenvalue weighted by Gasteiger charge is -2.33. The third-order valence-electron chi connectivity index (χ3n) is 5.00. The third kappa shape index (κ3) is 3.72.